The molecule has 302 valence electrons. The van der Waals surface area contributed by atoms with Crippen LogP contribution in [0, 0.1) is 47.4 Å². The molecule has 0 saturated carbocycles. The minimum atomic E-state index is -0.219. The van der Waals surface area contributed by atoms with Crippen molar-refractivity contribution in [1.82, 2.24) is 45.8 Å². The van der Waals surface area contributed by atoms with Crippen LogP contribution in [-0.4, -0.2) is 175 Å². The first kappa shape index (κ1) is 49.9. The second-order valence-corrected chi connectivity index (χ2v) is 13.8. The monoisotopic (exact) mass is 752 g/mol. The fraction of sp³-hybridized carbons (Fsp3) is 0.707. The van der Waals surface area contributed by atoms with Crippen molar-refractivity contribution >= 4 is 23.6 Å². The number of rotatable bonds is 7. The van der Waals surface area contributed by atoms with Crippen LogP contribution in [-0.2, 0) is 19.2 Å². The van der Waals surface area contributed by atoms with Crippen molar-refractivity contribution in [3.63, 3.8) is 0 Å². The van der Waals surface area contributed by atoms with Crippen molar-refractivity contribution in [3.05, 3.63) is 0 Å². The summed E-state index contributed by atoms with van der Waals surface area (Å²) in [4.78, 5) is 54.6. The van der Waals surface area contributed by atoms with Gasteiger partial charge in [-0.15, -0.1) is 0 Å². The molecule has 3 heterocycles. The first-order valence-corrected chi connectivity index (χ1v) is 19.2. The Hall–Kier alpha value is -4.08. The fourth-order valence-corrected chi connectivity index (χ4v) is 5.21. The highest BCUT2D eigenvalue weighted by Gasteiger charge is 2.27. The van der Waals surface area contributed by atoms with Crippen LogP contribution >= 0.6 is 0 Å². The summed E-state index contributed by atoms with van der Waals surface area (Å²) >= 11 is 0. The maximum absolute atomic E-state index is 11.0. The third-order valence-corrected chi connectivity index (χ3v) is 8.73. The zero-order valence-corrected chi connectivity index (χ0v) is 34.8. The summed E-state index contributed by atoms with van der Waals surface area (Å²) in [6.45, 7) is 16.0. The summed E-state index contributed by atoms with van der Waals surface area (Å²) in [5.41, 5.74) is -0.178. The maximum atomic E-state index is 11.0. The summed E-state index contributed by atoms with van der Waals surface area (Å²) in [5.74, 6) is 20.9. The van der Waals surface area contributed by atoms with Crippen LogP contribution in [0.1, 0.15) is 65.2 Å². The van der Waals surface area contributed by atoms with E-state index in [9.17, 15) is 19.2 Å². The molecule has 0 atom stereocenters. The van der Waals surface area contributed by atoms with E-state index in [2.05, 4.69) is 109 Å². The normalized spacial score (nSPS) is 15.7. The Kier molecular flexibility index (Phi) is 28.9. The van der Waals surface area contributed by atoms with Crippen LogP contribution in [0.15, 0.2) is 0 Å². The Morgan fingerprint density at radius 1 is 0.556 bits per heavy atom. The Labute approximate surface area is 327 Å². The smallest absolute Gasteiger partial charge is 0.295 e. The minimum absolute atomic E-state index is 0.178. The highest BCUT2D eigenvalue weighted by atomic mass is 16.2. The number of hydrogen-bond acceptors (Lipinski definition) is 9. The minimum Gasteiger partial charge on any atom is -0.348 e. The van der Waals surface area contributed by atoms with Crippen molar-refractivity contribution in [2.24, 2.45) is 0 Å². The molecule has 0 aromatic heterocycles. The molecule has 13 nitrogen and oxygen atoms in total. The van der Waals surface area contributed by atoms with Crippen LogP contribution in [0.4, 0.5) is 0 Å². The number of carbonyl (C=O) groups is 4. The number of likely N-dealkylation sites (N-methyl/N-ethyl adjacent to an activating group) is 1. The van der Waals surface area contributed by atoms with Gasteiger partial charge in [0, 0.05) is 93.3 Å². The molecule has 0 aliphatic carbocycles. The molecule has 0 aromatic rings. The van der Waals surface area contributed by atoms with E-state index in [1.165, 1.54) is 45.2 Å². The van der Waals surface area contributed by atoms with E-state index in [0.29, 0.717) is 0 Å². The molecule has 3 rings (SSSR count). The van der Waals surface area contributed by atoms with Gasteiger partial charge in [0.05, 0.1) is 5.54 Å². The topological polar surface area (TPSA) is 133 Å². The number of amides is 4. The molecule has 0 spiro atoms. The lowest BCUT2D eigenvalue weighted by Gasteiger charge is -2.31. The molecule has 4 amide bonds. The zero-order chi connectivity index (χ0) is 40.6. The number of nitrogens with one attached hydrogen (secondary N) is 4. The van der Waals surface area contributed by atoms with Crippen LogP contribution in [0.5, 0.6) is 0 Å². The van der Waals surface area contributed by atoms with Crippen LogP contribution in [0.3, 0.4) is 0 Å². The van der Waals surface area contributed by atoms with Gasteiger partial charge < -0.3 is 36.0 Å². The molecule has 0 bridgehead atoms. The van der Waals surface area contributed by atoms with Crippen molar-refractivity contribution in [3.8, 4) is 47.4 Å². The summed E-state index contributed by atoms with van der Waals surface area (Å²) in [7, 11) is 12.5. The SMILES string of the molecule is CNC(=O)C#CC(C)(C)N1CCCC1.CNC(=O)C#CCCN(C)C.CNC(=O)C#CCCN1CCCCC1.CNC(=O)C#CCCN1CCN(C)CC1. The number of piperazine rings is 1. The molecular weight excluding hydrogens is 683 g/mol. The van der Waals surface area contributed by atoms with Crippen LogP contribution in [0.2, 0.25) is 0 Å². The van der Waals surface area contributed by atoms with Gasteiger partial charge >= 0.3 is 0 Å². The first-order chi connectivity index (χ1) is 25.8. The number of hydrogen-bond donors (Lipinski definition) is 4. The van der Waals surface area contributed by atoms with E-state index in [0.717, 1.165) is 78.2 Å². The van der Waals surface area contributed by atoms with E-state index < -0.39 is 0 Å². The molecule has 13 heteroatoms. The van der Waals surface area contributed by atoms with Gasteiger partial charge in [-0.3, -0.25) is 29.0 Å². The molecule has 0 radical (unpaired) electrons. The Morgan fingerprint density at radius 2 is 0.944 bits per heavy atom. The standard InChI is InChI=1S/C11H19N3O.2C11H18N2O.C8H14N2O/c1-12-11(15)5-3-4-6-14-9-7-13(2)8-10-14;1-11(2,7-6-10(14)12-3)13-8-4-5-9-13;1-12-11(14)7-3-6-10-13-8-4-2-5-9-13;1-9-8(11)6-4-5-7-10(2)3/h4,6-10H2,1-2H3,(H,12,15);4-5,8-9H2,1-3H3,(H,12,14);2,4-6,8-10H2,1H3,(H,12,14);5,7H2,1-3H3,(H,9,11). The Morgan fingerprint density at radius 3 is 1.37 bits per heavy atom. The predicted molar refractivity (Wildman–Crippen MR) is 219 cm³/mol. The number of carbonyl (C=O) groups excluding carboxylic acids is 4. The molecule has 54 heavy (non-hydrogen) atoms. The molecular formula is C41H69N9O4. The zero-order valence-electron chi connectivity index (χ0n) is 34.8. The Bertz CT molecular complexity index is 1350. The van der Waals surface area contributed by atoms with Crippen molar-refractivity contribution < 1.29 is 19.2 Å². The van der Waals surface area contributed by atoms with Crippen LogP contribution < -0.4 is 21.3 Å². The fourth-order valence-electron chi connectivity index (χ4n) is 5.21. The van der Waals surface area contributed by atoms with Gasteiger partial charge in [-0.05, 0) is 111 Å². The van der Waals surface area contributed by atoms with Crippen LogP contribution in [0.25, 0.3) is 0 Å². The van der Waals surface area contributed by atoms with Gasteiger partial charge in [-0.2, -0.15) is 0 Å². The molecule has 3 fully saturated rings. The average Bonchev–Trinajstić information content (AvgIpc) is 3.74. The highest BCUT2D eigenvalue weighted by Crippen LogP contribution is 2.19. The van der Waals surface area contributed by atoms with Gasteiger partial charge in [0.15, 0.2) is 0 Å². The molecule has 3 aliphatic heterocycles. The summed E-state index contributed by atoms with van der Waals surface area (Å²) in [6.07, 6.45) is 8.77. The van der Waals surface area contributed by atoms with Gasteiger partial charge in [-0.25, -0.2) is 0 Å². The van der Waals surface area contributed by atoms with E-state index in [1.807, 2.05) is 19.0 Å². The van der Waals surface area contributed by atoms with Gasteiger partial charge in [-0.1, -0.05) is 30.1 Å². The van der Waals surface area contributed by atoms with E-state index in [-0.39, 0.29) is 29.2 Å². The second-order valence-electron chi connectivity index (χ2n) is 13.8. The molecule has 0 unspecified atom stereocenters. The first-order valence-electron chi connectivity index (χ1n) is 19.2. The lowest BCUT2D eigenvalue weighted by Crippen LogP contribution is -2.44. The summed E-state index contributed by atoms with van der Waals surface area (Å²) < 4.78 is 0. The van der Waals surface area contributed by atoms with Crippen molar-refractivity contribution in [2.45, 2.75) is 70.8 Å². The van der Waals surface area contributed by atoms with Gasteiger partial charge in [0.25, 0.3) is 23.6 Å². The van der Waals surface area contributed by atoms with E-state index >= 15 is 0 Å². The number of piperidine rings is 1. The summed E-state index contributed by atoms with van der Waals surface area (Å²) in [6, 6.07) is 0. The number of nitrogens with zero attached hydrogens (tertiary/aromatic N) is 5. The maximum Gasteiger partial charge on any atom is 0.295 e. The predicted octanol–water partition coefficient (Wildman–Crippen LogP) is 0.283. The molecule has 3 saturated heterocycles. The molecule has 0 aromatic carbocycles. The number of likely N-dealkylation sites (tertiary alicyclic amines) is 2. The van der Waals surface area contributed by atoms with E-state index in [4.69, 9.17) is 0 Å². The third kappa shape index (κ3) is 27.5. The lowest BCUT2D eigenvalue weighted by molar-refractivity contribution is -0.116. The highest BCUT2D eigenvalue weighted by molar-refractivity contribution is 5.94. The summed E-state index contributed by atoms with van der Waals surface area (Å²) in [5, 5.41) is 9.88. The van der Waals surface area contributed by atoms with E-state index in [1.54, 1.807) is 28.2 Å². The average molecular weight is 752 g/mol. The third-order valence-electron chi connectivity index (χ3n) is 8.73. The molecule has 3 aliphatic rings. The Balaban J connectivity index is 0.000000698. The molecule has 4 N–H and O–H groups in total. The van der Waals surface area contributed by atoms with Crippen molar-refractivity contribution in [1.29, 1.82) is 0 Å². The van der Waals surface area contributed by atoms with Gasteiger partial charge in [0.2, 0.25) is 0 Å². The lowest BCUT2D eigenvalue weighted by atomic mass is 10.0. The quantitative estimate of drug-likeness (QED) is 0.271. The van der Waals surface area contributed by atoms with Crippen molar-refractivity contribution in [2.75, 3.05) is 121 Å². The largest absolute Gasteiger partial charge is 0.348 e. The second kappa shape index (κ2) is 31.3. The van der Waals surface area contributed by atoms with Gasteiger partial charge in [0.1, 0.15) is 0 Å².